The molecule has 8 nitrogen and oxygen atoms in total. The van der Waals surface area contributed by atoms with Gasteiger partial charge in [0.25, 0.3) is 0 Å². The van der Waals surface area contributed by atoms with Gasteiger partial charge in [-0.05, 0) is 30.6 Å². The summed E-state index contributed by atoms with van der Waals surface area (Å²) in [6, 6.07) is 0. The summed E-state index contributed by atoms with van der Waals surface area (Å²) in [6.07, 6.45) is 0.414. The second-order valence-corrected chi connectivity index (χ2v) is 3.29. The molecule has 15 heavy (non-hydrogen) atoms. The van der Waals surface area contributed by atoms with Gasteiger partial charge in [-0.1, -0.05) is 10.2 Å². The molecule has 8 heteroatoms. The average Bonchev–Trinajstić information content (AvgIpc) is 2.47. The highest BCUT2D eigenvalue weighted by molar-refractivity contribution is 4.73. The van der Waals surface area contributed by atoms with Crippen LogP contribution in [0.25, 0.3) is 20.9 Å². The fourth-order valence-corrected chi connectivity index (χ4v) is 1.53. The quantitative estimate of drug-likeness (QED) is 0.427. The number of azide groups is 1. The first-order valence-corrected chi connectivity index (χ1v) is 4.88. The van der Waals surface area contributed by atoms with Crippen LogP contribution in [0.2, 0.25) is 0 Å². The van der Waals surface area contributed by atoms with Crippen molar-refractivity contribution in [1.82, 2.24) is 10.2 Å². The third-order valence-electron chi connectivity index (χ3n) is 2.22. The lowest BCUT2D eigenvalue weighted by Gasteiger charge is -2.20. The molecule has 0 spiro atoms. The molecule has 1 fully saturated rings. The summed E-state index contributed by atoms with van der Waals surface area (Å²) < 4.78 is 0. The molecule has 0 saturated carbocycles. The molecule has 0 amide bonds. The highest BCUT2D eigenvalue weighted by atomic mass is 15.3. The summed E-state index contributed by atoms with van der Waals surface area (Å²) in [6.45, 7) is 4.24. The summed E-state index contributed by atoms with van der Waals surface area (Å²) in [4.78, 5) is 7.46. The van der Waals surface area contributed by atoms with Gasteiger partial charge in [0.15, 0.2) is 0 Å². The van der Waals surface area contributed by atoms with Gasteiger partial charge in [-0.3, -0.25) is 0 Å². The van der Waals surface area contributed by atoms with E-state index in [4.69, 9.17) is 11.1 Å². The zero-order valence-electron chi connectivity index (χ0n) is 8.45. The standard InChI is InChI=1S/C7H14N8/c8-13-11-7(12-14-9)6-15-4-1-2-10-3-5-15/h7,10H,1-6H2. The van der Waals surface area contributed by atoms with Gasteiger partial charge in [0.1, 0.15) is 6.17 Å². The van der Waals surface area contributed by atoms with Gasteiger partial charge in [-0.25, -0.2) is 0 Å². The minimum atomic E-state index is -0.641. The first-order chi connectivity index (χ1) is 7.36. The molecular weight excluding hydrogens is 196 g/mol. The van der Waals surface area contributed by atoms with E-state index in [0.29, 0.717) is 6.54 Å². The van der Waals surface area contributed by atoms with Crippen LogP contribution in [0.5, 0.6) is 0 Å². The van der Waals surface area contributed by atoms with Gasteiger partial charge < -0.3 is 10.2 Å². The van der Waals surface area contributed by atoms with Crippen molar-refractivity contribution in [1.29, 1.82) is 0 Å². The Balaban J connectivity index is 2.47. The summed E-state index contributed by atoms with van der Waals surface area (Å²) in [7, 11) is 0. The highest BCUT2D eigenvalue weighted by Gasteiger charge is 2.12. The molecule has 0 radical (unpaired) electrons. The SMILES string of the molecule is [N-]=[N+]=NC(CN1CCCNCC1)N=[N+]=[N-]. The molecule has 82 valence electrons. The monoisotopic (exact) mass is 210 g/mol. The fraction of sp³-hybridized carbons (Fsp3) is 1.00. The molecule has 0 aromatic heterocycles. The van der Waals surface area contributed by atoms with Crippen molar-refractivity contribution < 1.29 is 0 Å². The van der Waals surface area contributed by atoms with Crippen LogP contribution >= 0.6 is 0 Å². The van der Waals surface area contributed by atoms with Crippen LogP contribution in [-0.4, -0.2) is 43.8 Å². The Morgan fingerprint density at radius 1 is 1.20 bits per heavy atom. The van der Waals surface area contributed by atoms with E-state index in [0.717, 1.165) is 32.6 Å². The zero-order valence-corrected chi connectivity index (χ0v) is 8.45. The van der Waals surface area contributed by atoms with Crippen LogP contribution in [0.15, 0.2) is 10.2 Å². The van der Waals surface area contributed by atoms with Crippen LogP contribution in [0.1, 0.15) is 6.42 Å². The normalized spacial score (nSPS) is 19.5. The molecule has 1 N–H and O–H groups in total. The molecule has 1 aliphatic rings. The summed E-state index contributed by atoms with van der Waals surface area (Å²) in [5, 5.41) is 10.1. The predicted molar refractivity (Wildman–Crippen MR) is 56.0 cm³/mol. The fourth-order valence-electron chi connectivity index (χ4n) is 1.53. The average molecular weight is 210 g/mol. The second-order valence-electron chi connectivity index (χ2n) is 3.29. The van der Waals surface area contributed by atoms with Gasteiger partial charge >= 0.3 is 0 Å². The summed E-state index contributed by atoms with van der Waals surface area (Å²) >= 11 is 0. The molecular formula is C7H14N8. The first-order valence-electron chi connectivity index (χ1n) is 4.88. The molecule has 0 aromatic rings. The largest absolute Gasteiger partial charge is 0.315 e. The number of nitrogens with one attached hydrogen (secondary N) is 1. The lowest BCUT2D eigenvalue weighted by molar-refractivity contribution is 0.275. The molecule has 1 saturated heterocycles. The van der Waals surface area contributed by atoms with Gasteiger partial charge in [-0.2, -0.15) is 0 Å². The minimum Gasteiger partial charge on any atom is -0.315 e. The lowest BCUT2D eigenvalue weighted by Crippen LogP contribution is -2.33. The maximum atomic E-state index is 8.29. The number of hydrogen-bond acceptors (Lipinski definition) is 4. The maximum absolute atomic E-state index is 8.29. The Bertz CT molecular complexity index is 251. The maximum Gasteiger partial charge on any atom is 0.128 e. The zero-order chi connectivity index (χ0) is 10.9. The Morgan fingerprint density at radius 2 is 1.93 bits per heavy atom. The third kappa shape index (κ3) is 4.53. The van der Waals surface area contributed by atoms with Gasteiger partial charge in [-0.15, -0.1) is 0 Å². The predicted octanol–water partition coefficient (Wildman–Crippen LogP) is 1.23. The van der Waals surface area contributed by atoms with E-state index >= 15 is 0 Å². The van der Waals surface area contributed by atoms with Crippen LogP contribution in [-0.2, 0) is 0 Å². The summed E-state index contributed by atoms with van der Waals surface area (Å²) in [5.41, 5.74) is 16.6. The van der Waals surface area contributed by atoms with E-state index < -0.39 is 6.17 Å². The molecule has 1 aliphatic heterocycles. The van der Waals surface area contributed by atoms with E-state index in [2.05, 4.69) is 30.3 Å². The smallest absolute Gasteiger partial charge is 0.128 e. The molecule has 0 atom stereocenters. The van der Waals surface area contributed by atoms with Crippen LogP contribution < -0.4 is 5.32 Å². The topological polar surface area (TPSA) is 113 Å². The van der Waals surface area contributed by atoms with E-state index in [9.17, 15) is 0 Å². The van der Waals surface area contributed by atoms with Crippen molar-refractivity contribution in [2.24, 2.45) is 10.2 Å². The van der Waals surface area contributed by atoms with Crippen LogP contribution in [0.3, 0.4) is 0 Å². The Morgan fingerprint density at radius 3 is 2.60 bits per heavy atom. The third-order valence-corrected chi connectivity index (χ3v) is 2.22. The van der Waals surface area contributed by atoms with Gasteiger partial charge in [0, 0.05) is 29.5 Å². The van der Waals surface area contributed by atoms with Crippen molar-refractivity contribution in [3.05, 3.63) is 20.9 Å². The van der Waals surface area contributed by atoms with Crippen molar-refractivity contribution >= 4 is 0 Å². The number of rotatable bonds is 4. The molecule has 1 heterocycles. The molecule has 0 unspecified atom stereocenters. The van der Waals surface area contributed by atoms with Crippen LogP contribution in [0.4, 0.5) is 0 Å². The number of hydrogen-bond donors (Lipinski definition) is 1. The van der Waals surface area contributed by atoms with E-state index in [-0.39, 0.29) is 0 Å². The Kier molecular flexibility index (Phi) is 5.35. The number of nitrogens with zero attached hydrogens (tertiary/aromatic N) is 7. The van der Waals surface area contributed by atoms with Crippen molar-refractivity contribution in [2.75, 3.05) is 32.7 Å². The Hall–Kier alpha value is -1.46. The van der Waals surface area contributed by atoms with Crippen LogP contribution in [0, 0.1) is 0 Å². The van der Waals surface area contributed by atoms with Gasteiger partial charge in [0.05, 0.1) is 0 Å². The molecule has 0 bridgehead atoms. The molecule has 1 rings (SSSR count). The second kappa shape index (κ2) is 6.92. The van der Waals surface area contributed by atoms with Crippen molar-refractivity contribution in [3.63, 3.8) is 0 Å². The van der Waals surface area contributed by atoms with E-state index in [1.54, 1.807) is 0 Å². The molecule has 0 aliphatic carbocycles. The first kappa shape index (κ1) is 11.6. The lowest BCUT2D eigenvalue weighted by atomic mass is 10.3. The summed E-state index contributed by atoms with van der Waals surface area (Å²) in [5.74, 6) is 0. The van der Waals surface area contributed by atoms with E-state index in [1.807, 2.05) is 0 Å². The highest BCUT2D eigenvalue weighted by Crippen LogP contribution is 2.02. The van der Waals surface area contributed by atoms with Crippen molar-refractivity contribution in [2.45, 2.75) is 12.6 Å². The van der Waals surface area contributed by atoms with Crippen molar-refractivity contribution in [3.8, 4) is 0 Å². The van der Waals surface area contributed by atoms with E-state index in [1.165, 1.54) is 0 Å². The van der Waals surface area contributed by atoms with Gasteiger partial charge in [0.2, 0.25) is 0 Å². The minimum absolute atomic E-state index is 0.496. The molecule has 0 aromatic carbocycles. The Labute approximate surface area is 87.5 Å².